The SMILES string of the molecule is OC(c1cncc(-c2cnc3[nH]cc(-c4ccccc4)c3c2Cl)c1)c1ncccc1F. The van der Waals surface area contributed by atoms with Crippen molar-refractivity contribution >= 4 is 22.6 Å². The van der Waals surface area contributed by atoms with Crippen molar-refractivity contribution in [3.8, 4) is 22.3 Å². The van der Waals surface area contributed by atoms with Crippen LogP contribution in [-0.2, 0) is 0 Å². The van der Waals surface area contributed by atoms with E-state index < -0.39 is 11.9 Å². The number of hydrogen-bond donors (Lipinski definition) is 2. The molecule has 2 N–H and O–H groups in total. The van der Waals surface area contributed by atoms with Crippen LogP contribution < -0.4 is 0 Å². The topological polar surface area (TPSA) is 74.7 Å². The Labute approximate surface area is 182 Å². The summed E-state index contributed by atoms with van der Waals surface area (Å²) >= 11 is 6.82. The van der Waals surface area contributed by atoms with Crippen LogP contribution in [0, 0.1) is 5.82 Å². The van der Waals surface area contributed by atoms with Crippen LogP contribution in [0.25, 0.3) is 33.3 Å². The van der Waals surface area contributed by atoms with Gasteiger partial charge in [-0.15, -0.1) is 0 Å². The predicted molar refractivity (Wildman–Crippen MR) is 118 cm³/mol. The van der Waals surface area contributed by atoms with Gasteiger partial charge in [0.2, 0.25) is 0 Å². The number of aliphatic hydroxyl groups excluding tert-OH is 1. The number of nitrogens with zero attached hydrogens (tertiary/aromatic N) is 3. The largest absolute Gasteiger partial charge is 0.382 e. The molecule has 0 spiro atoms. The minimum absolute atomic E-state index is 0.0573. The quantitative estimate of drug-likeness (QED) is 0.391. The fourth-order valence-electron chi connectivity index (χ4n) is 3.62. The number of halogens is 2. The Hall–Kier alpha value is -3.61. The normalized spacial score (nSPS) is 12.2. The molecule has 0 aliphatic carbocycles. The zero-order chi connectivity index (χ0) is 21.4. The molecule has 0 radical (unpaired) electrons. The molecule has 0 saturated carbocycles. The average Bonchev–Trinajstić information content (AvgIpc) is 3.25. The molecule has 0 amide bonds. The third-order valence-corrected chi connectivity index (χ3v) is 5.55. The van der Waals surface area contributed by atoms with Crippen LogP contribution in [0.2, 0.25) is 5.02 Å². The van der Waals surface area contributed by atoms with E-state index in [-0.39, 0.29) is 5.69 Å². The van der Waals surface area contributed by atoms with Crippen molar-refractivity contribution in [2.75, 3.05) is 0 Å². The third kappa shape index (κ3) is 3.46. The lowest BCUT2D eigenvalue weighted by atomic mass is 10.0. The summed E-state index contributed by atoms with van der Waals surface area (Å²) in [5.41, 5.74) is 4.30. The first-order chi connectivity index (χ1) is 15.1. The van der Waals surface area contributed by atoms with Gasteiger partial charge in [0.15, 0.2) is 0 Å². The van der Waals surface area contributed by atoms with E-state index in [0.29, 0.717) is 27.4 Å². The molecule has 31 heavy (non-hydrogen) atoms. The van der Waals surface area contributed by atoms with Crippen LogP contribution in [-0.4, -0.2) is 25.0 Å². The van der Waals surface area contributed by atoms with Crippen molar-refractivity contribution in [2.45, 2.75) is 6.10 Å². The van der Waals surface area contributed by atoms with Gasteiger partial charge in [-0.3, -0.25) is 9.97 Å². The molecular formula is C24H16ClFN4O. The van der Waals surface area contributed by atoms with Crippen LogP contribution in [0.5, 0.6) is 0 Å². The van der Waals surface area contributed by atoms with Crippen LogP contribution in [0.1, 0.15) is 17.4 Å². The molecule has 5 rings (SSSR count). The van der Waals surface area contributed by atoms with E-state index >= 15 is 0 Å². The number of aromatic nitrogens is 4. The van der Waals surface area contributed by atoms with Crippen LogP contribution in [0.15, 0.2) is 79.5 Å². The van der Waals surface area contributed by atoms with Gasteiger partial charge < -0.3 is 10.1 Å². The summed E-state index contributed by atoms with van der Waals surface area (Å²) in [4.78, 5) is 15.9. The Morgan fingerprint density at radius 1 is 0.935 bits per heavy atom. The molecule has 7 heteroatoms. The number of aliphatic hydroxyl groups is 1. The molecule has 0 aliphatic rings. The van der Waals surface area contributed by atoms with Gasteiger partial charge in [-0.25, -0.2) is 9.37 Å². The number of pyridine rings is 3. The average molecular weight is 431 g/mol. The number of nitrogens with one attached hydrogen (secondary N) is 1. The van der Waals surface area contributed by atoms with E-state index in [9.17, 15) is 9.50 Å². The molecule has 0 aliphatic heterocycles. The molecule has 4 aromatic heterocycles. The van der Waals surface area contributed by atoms with E-state index in [1.54, 1.807) is 18.5 Å². The Kier molecular flexibility index (Phi) is 4.94. The summed E-state index contributed by atoms with van der Waals surface area (Å²) in [6.07, 6.45) is 6.83. The molecule has 0 saturated heterocycles. The summed E-state index contributed by atoms with van der Waals surface area (Å²) in [7, 11) is 0. The summed E-state index contributed by atoms with van der Waals surface area (Å²) in [6, 6.07) is 14.3. The maximum atomic E-state index is 14.1. The zero-order valence-corrected chi connectivity index (χ0v) is 16.9. The number of rotatable bonds is 4. The molecule has 5 aromatic rings. The van der Waals surface area contributed by atoms with Crippen molar-refractivity contribution in [1.29, 1.82) is 0 Å². The van der Waals surface area contributed by atoms with Gasteiger partial charge in [-0.05, 0) is 23.8 Å². The lowest BCUT2D eigenvalue weighted by Gasteiger charge is -2.13. The van der Waals surface area contributed by atoms with Gasteiger partial charge in [-0.1, -0.05) is 41.9 Å². The molecule has 5 nitrogen and oxygen atoms in total. The van der Waals surface area contributed by atoms with E-state index in [2.05, 4.69) is 19.9 Å². The summed E-state index contributed by atoms with van der Waals surface area (Å²) in [6.45, 7) is 0. The van der Waals surface area contributed by atoms with Crippen molar-refractivity contribution in [1.82, 2.24) is 19.9 Å². The molecule has 4 heterocycles. The predicted octanol–water partition coefficient (Wildman–Crippen LogP) is 5.56. The number of H-pyrrole nitrogens is 1. The standard InChI is InChI=1S/C24H16ClFN4O/c25-21-18(13-30-24-20(21)17(12-29-24)14-5-2-1-3-6-14)15-9-16(11-27-10-15)23(31)22-19(26)7-4-8-28-22/h1-13,23,31H,(H,29,30). The monoisotopic (exact) mass is 430 g/mol. The molecule has 1 aromatic carbocycles. The Morgan fingerprint density at radius 2 is 1.77 bits per heavy atom. The lowest BCUT2D eigenvalue weighted by Crippen LogP contribution is -2.05. The second-order valence-corrected chi connectivity index (χ2v) is 7.44. The second kappa shape index (κ2) is 7.91. The van der Waals surface area contributed by atoms with Crippen LogP contribution in [0.3, 0.4) is 0 Å². The summed E-state index contributed by atoms with van der Waals surface area (Å²) < 4.78 is 14.1. The minimum Gasteiger partial charge on any atom is -0.382 e. The zero-order valence-electron chi connectivity index (χ0n) is 16.1. The van der Waals surface area contributed by atoms with E-state index in [1.807, 2.05) is 36.5 Å². The van der Waals surface area contributed by atoms with Crippen molar-refractivity contribution in [2.24, 2.45) is 0 Å². The van der Waals surface area contributed by atoms with Gasteiger partial charge in [-0.2, -0.15) is 0 Å². The van der Waals surface area contributed by atoms with Gasteiger partial charge in [0.25, 0.3) is 0 Å². The van der Waals surface area contributed by atoms with Gasteiger partial charge in [0.05, 0.1) is 5.02 Å². The maximum absolute atomic E-state index is 14.1. The first kappa shape index (κ1) is 19.4. The number of fused-ring (bicyclic) bond motifs is 1. The highest BCUT2D eigenvalue weighted by atomic mass is 35.5. The summed E-state index contributed by atoms with van der Waals surface area (Å²) in [5.74, 6) is -0.582. The highest BCUT2D eigenvalue weighted by Crippen LogP contribution is 2.39. The molecule has 0 fully saturated rings. The van der Waals surface area contributed by atoms with E-state index in [1.165, 1.54) is 24.5 Å². The first-order valence-corrected chi connectivity index (χ1v) is 9.96. The Balaban J connectivity index is 1.61. The second-order valence-electron chi connectivity index (χ2n) is 7.06. The Bertz CT molecular complexity index is 1390. The van der Waals surface area contributed by atoms with Crippen molar-refractivity contribution in [3.63, 3.8) is 0 Å². The first-order valence-electron chi connectivity index (χ1n) is 9.58. The highest BCUT2D eigenvalue weighted by molar-refractivity contribution is 6.39. The fraction of sp³-hybridized carbons (Fsp3) is 0.0417. The maximum Gasteiger partial charge on any atom is 0.147 e. The van der Waals surface area contributed by atoms with E-state index in [0.717, 1.165) is 16.5 Å². The third-order valence-electron chi connectivity index (χ3n) is 5.15. The molecule has 1 unspecified atom stereocenters. The van der Waals surface area contributed by atoms with Crippen molar-refractivity contribution in [3.05, 3.63) is 102 Å². The smallest absolute Gasteiger partial charge is 0.147 e. The highest BCUT2D eigenvalue weighted by Gasteiger charge is 2.19. The van der Waals surface area contributed by atoms with Crippen LogP contribution >= 0.6 is 11.6 Å². The van der Waals surface area contributed by atoms with Gasteiger partial charge in [0.1, 0.15) is 23.3 Å². The molecule has 1 atom stereocenters. The minimum atomic E-state index is -1.25. The molecule has 152 valence electrons. The number of benzene rings is 1. The number of hydrogen-bond acceptors (Lipinski definition) is 4. The van der Waals surface area contributed by atoms with Crippen molar-refractivity contribution < 1.29 is 9.50 Å². The van der Waals surface area contributed by atoms with Gasteiger partial charge >= 0.3 is 0 Å². The number of aromatic amines is 1. The van der Waals surface area contributed by atoms with E-state index in [4.69, 9.17) is 11.6 Å². The fourth-order valence-corrected chi connectivity index (χ4v) is 3.96. The summed E-state index contributed by atoms with van der Waals surface area (Å²) in [5, 5.41) is 12.0. The Morgan fingerprint density at radius 3 is 2.58 bits per heavy atom. The van der Waals surface area contributed by atoms with Crippen LogP contribution in [0.4, 0.5) is 4.39 Å². The van der Waals surface area contributed by atoms with Gasteiger partial charge in [0, 0.05) is 58.6 Å². The molecular weight excluding hydrogens is 415 g/mol. The molecule has 0 bridgehead atoms. The lowest BCUT2D eigenvalue weighted by molar-refractivity contribution is 0.209.